The Kier molecular flexibility index (Phi) is 4.32. The van der Waals surface area contributed by atoms with Gasteiger partial charge < -0.3 is 15.5 Å². The zero-order chi connectivity index (χ0) is 13.9. The number of aliphatic hydroxyl groups is 1. The van der Waals surface area contributed by atoms with Crippen LogP contribution in [0.25, 0.3) is 0 Å². The van der Waals surface area contributed by atoms with Gasteiger partial charge >= 0.3 is 0 Å². The Labute approximate surface area is 117 Å². The van der Waals surface area contributed by atoms with Gasteiger partial charge in [0.25, 0.3) is 5.91 Å². The van der Waals surface area contributed by atoms with Gasteiger partial charge in [-0.25, -0.2) is 0 Å². The Bertz CT molecular complexity index is 470. The molecule has 2 rings (SSSR count). The van der Waals surface area contributed by atoms with Gasteiger partial charge in [-0.2, -0.15) is 0 Å². The molecule has 3 N–H and O–H groups in total. The zero-order valence-corrected chi connectivity index (χ0v) is 11.4. The van der Waals surface area contributed by atoms with Crippen molar-refractivity contribution in [3.63, 3.8) is 0 Å². The molecule has 0 heterocycles. The molecule has 5 heteroatoms. The maximum absolute atomic E-state index is 12.0. The fourth-order valence-electron chi connectivity index (χ4n) is 2.53. The van der Waals surface area contributed by atoms with Crippen LogP contribution in [0.2, 0.25) is 5.02 Å². The summed E-state index contributed by atoms with van der Waals surface area (Å²) in [6.07, 6.45) is 4.09. The van der Waals surface area contributed by atoms with E-state index in [2.05, 4.69) is 5.32 Å². The summed E-state index contributed by atoms with van der Waals surface area (Å²) >= 11 is 5.77. The van der Waals surface area contributed by atoms with Gasteiger partial charge in [0.2, 0.25) is 0 Å². The molecular formula is C14H18ClNO3. The van der Waals surface area contributed by atoms with Crippen LogP contribution in [0.3, 0.4) is 0 Å². The summed E-state index contributed by atoms with van der Waals surface area (Å²) in [5.41, 5.74) is 0.241. The van der Waals surface area contributed by atoms with Crippen molar-refractivity contribution >= 4 is 17.5 Å². The summed E-state index contributed by atoms with van der Waals surface area (Å²) in [6.45, 7) is 0.574. The molecular weight excluding hydrogens is 266 g/mol. The van der Waals surface area contributed by atoms with E-state index in [9.17, 15) is 15.0 Å². The minimum absolute atomic E-state index is 0.0409. The number of aromatic hydroxyl groups is 1. The minimum Gasteiger partial charge on any atom is -0.506 e. The van der Waals surface area contributed by atoms with E-state index < -0.39 is 0 Å². The van der Waals surface area contributed by atoms with E-state index >= 15 is 0 Å². The number of rotatable bonds is 4. The summed E-state index contributed by atoms with van der Waals surface area (Å²) in [5, 5.41) is 21.8. The van der Waals surface area contributed by atoms with E-state index in [1.54, 1.807) is 0 Å². The quantitative estimate of drug-likeness (QED) is 0.794. The molecule has 0 unspecified atom stereocenters. The number of amides is 1. The molecule has 1 aliphatic rings. The lowest BCUT2D eigenvalue weighted by Gasteiger charge is -2.26. The van der Waals surface area contributed by atoms with Gasteiger partial charge in [0.1, 0.15) is 5.75 Å². The van der Waals surface area contributed by atoms with E-state index in [4.69, 9.17) is 11.6 Å². The maximum Gasteiger partial charge on any atom is 0.251 e. The summed E-state index contributed by atoms with van der Waals surface area (Å²) in [6, 6.07) is 4.36. The second kappa shape index (κ2) is 5.80. The molecule has 0 aliphatic heterocycles. The molecule has 1 aliphatic carbocycles. The highest BCUT2D eigenvalue weighted by molar-refractivity contribution is 6.32. The van der Waals surface area contributed by atoms with Gasteiger partial charge in [-0.3, -0.25) is 4.79 Å². The van der Waals surface area contributed by atoms with Crippen molar-refractivity contribution in [1.82, 2.24) is 5.32 Å². The zero-order valence-electron chi connectivity index (χ0n) is 10.7. The monoisotopic (exact) mass is 283 g/mol. The van der Waals surface area contributed by atoms with Crippen molar-refractivity contribution in [2.24, 2.45) is 5.41 Å². The van der Waals surface area contributed by atoms with E-state index in [0.29, 0.717) is 12.1 Å². The fourth-order valence-corrected chi connectivity index (χ4v) is 2.71. The van der Waals surface area contributed by atoms with Crippen LogP contribution in [0.15, 0.2) is 18.2 Å². The van der Waals surface area contributed by atoms with Crippen molar-refractivity contribution in [2.75, 3.05) is 13.2 Å². The lowest BCUT2D eigenvalue weighted by atomic mass is 9.87. The standard InChI is InChI=1S/C14H18ClNO3/c15-11-7-10(3-4-12(11)18)13(19)16-8-14(9-17)5-1-2-6-14/h3-4,7,17-18H,1-2,5-6,8-9H2,(H,16,19). The number of aliphatic hydroxyl groups excluding tert-OH is 1. The third-order valence-corrected chi connectivity index (χ3v) is 4.14. The van der Waals surface area contributed by atoms with Gasteiger partial charge in [-0.05, 0) is 31.0 Å². The molecule has 1 amide bonds. The molecule has 0 spiro atoms. The first-order valence-corrected chi connectivity index (χ1v) is 6.82. The molecule has 19 heavy (non-hydrogen) atoms. The topological polar surface area (TPSA) is 69.6 Å². The Hall–Kier alpha value is -1.26. The second-order valence-corrected chi connectivity index (χ2v) is 5.62. The number of carbonyl (C=O) groups excluding carboxylic acids is 1. The molecule has 1 fully saturated rings. The summed E-state index contributed by atoms with van der Waals surface area (Å²) in [5.74, 6) is -0.275. The highest BCUT2D eigenvalue weighted by Gasteiger charge is 2.33. The van der Waals surface area contributed by atoms with Gasteiger partial charge in [0.15, 0.2) is 0 Å². The molecule has 0 radical (unpaired) electrons. The minimum atomic E-state index is -0.235. The van der Waals surface area contributed by atoms with E-state index in [1.165, 1.54) is 18.2 Å². The largest absolute Gasteiger partial charge is 0.506 e. The normalized spacial score (nSPS) is 17.4. The lowest BCUT2D eigenvalue weighted by Crippen LogP contribution is -2.38. The Morgan fingerprint density at radius 1 is 1.37 bits per heavy atom. The van der Waals surface area contributed by atoms with Crippen LogP contribution in [0, 0.1) is 5.41 Å². The van der Waals surface area contributed by atoms with Crippen LogP contribution in [-0.2, 0) is 0 Å². The van der Waals surface area contributed by atoms with E-state index in [-0.39, 0.29) is 28.7 Å². The molecule has 104 valence electrons. The Morgan fingerprint density at radius 2 is 2.05 bits per heavy atom. The fraction of sp³-hybridized carbons (Fsp3) is 0.500. The molecule has 1 aromatic rings. The first kappa shape index (κ1) is 14.2. The number of hydrogen-bond donors (Lipinski definition) is 3. The lowest BCUT2D eigenvalue weighted by molar-refractivity contribution is 0.0880. The second-order valence-electron chi connectivity index (χ2n) is 5.21. The Morgan fingerprint density at radius 3 is 2.63 bits per heavy atom. The van der Waals surface area contributed by atoms with Gasteiger partial charge in [-0.15, -0.1) is 0 Å². The molecule has 0 aromatic heterocycles. The molecule has 1 saturated carbocycles. The van der Waals surface area contributed by atoms with Crippen molar-refractivity contribution < 1.29 is 15.0 Å². The Balaban J connectivity index is 1.99. The number of carbonyl (C=O) groups is 1. The van der Waals surface area contributed by atoms with Crippen molar-refractivity contribution in [1.29, 1.82) is 0 Å². The van der Waals surface area contributed by atoms with Crippen molar-refractivity contribution in [2.45, 2.75) is 25.7 Å². The molecule has 4 nitrogen and oxygen atoms in total. The number of phenols is 1. The van der Waals surface area contributed by atoms with Crippen LogP contribution in [0.5, 0.6) is 5.75 Å². The average Bonchev–Trinajstić information content (AvgIpc) is 2.89. The molecule has 0 atom stereocenters. The van der Waals surface area contributed by atoms with Crippen LogP contribution in [0.1, 0.15) is 36.0 Å². The third kappa shape index (κ3) is 3.19. The van der Waals surface area contributed by atoms with E-state index in [1.807, 2.05) is 0 Å². The van der Waals surface area contributed by atoms with Gasteiger partial charge in [0.05, 0.1) is 11.6 Å². The molecule has 0 bridgehead atoms. The van der Waals surface area contributed by atoms with Crippen LogP contribution >= 0.6 is 11.6 Å². The SMILES string of the molecule is O=C(NCC1(CO)CCCC1)c1ccc(O)c(Cl)c1. The maximum atomic E-state index is 12.0. The highest BCUT2D eigenvalue weighted by Crippen LogP contribution is 2.37. The average molecular weight is 284 g/mol. The van der Waals surface area contributed by atoms with Crippen LogP contribution in [-0.4, -0.2) is 29.3 Å². The third-order valence-electron chi connectivity index (χ3n) is 3.83. The van der Waals surface area contributed by atoms with Crippen LogP contribution < -0.4 is 5.32 Å². The predicted octanol–water partition coefficient (Wildman–Crippen LogP) is 2.33. The van der Waals surface area contributed by atoms with Crippen LogP contribution in [0.4, 0.5) is 0 Å². The van der Waals surface area contributed by atoms with E-state index in [0.717, 1.165) is 25.7 Å². The number of nitrogens with one attached hydrogen (secondary N) is 1. The van der Waals surface area contributed by atoms with Gasteiger partial charge in [0, 0.05) is 17.5 Å². The number of hydrogen-bond acceptors (Lipinski definition) is 3. The molecule has 1 aromatic carbocycles. The first-order valence-electron chi connectivity index (χ1n) is 6.44. The van der Waals surface area contributed by atoms with Crippen molar-refractivity contribution in [3.8, 4) is 5.75 Å². The number of phenolic OH excluding ortho intramolecular Hbond substituents is 1. The number of benzene rings is 1. The smallest absolute Gasteiger partial charge is 0.251 e. The predicted molar refractivity (Wildman–Crippen MR) is 73.4 cm³/mol. The summed E-state index contributed by atoms with van der Waals surface area (Å²) < 4.78 is 0. The van der Waals surface area contributed by atoms with Crippen molar-refractivity contribution in [3.05, 3.63) is 28.8 Å². The summed E-state index contributed by atoms with van der Waals surface area (Å²) in [7, 11) is 0. The summed E-state index contributed by atoms with van der Waals surface area (Å²) in [4.78, 5) is 12.0. The number of halogens is 1. The molecule has 0 saturated heterocycles. The highest BCUT2D eigenvalue weighted by atomic mass is 35.5. The van der Waals surface area contributed by atoms with Gasteiger partial charge in [-0.1, -0.05) is 24.4 Å². The first-order chi connectivity index (χ1) is 9.06.